The molecule has 2 N–H and O–H groups in total. The van der Waals surface area contributed by atoms with Gasteiger partial charge >= 0.3 is 12.3 Å². The van der Waals surface area contributed by atoms with Gasteiger partial charge in [-0.15, -0.1) is 0 Å². The lowest BCUT2D eigenvalue weighted by molar-refractivity contribution is -0.137. The van der Waals surface area contributed by atoms with Crippen molar-refractivity contribution in [3.8, 4) is 11.1 Å². The second-order valence-electron chi connectivity index (χ2n) is 5.94. The fraction of sp³-hybridized carbons (Fsp3) is 0.158. The molecule has 0 aliphatic heterocycles. The van der Waals surface area contributed by atoms with Crippen molar-refractivity contribution in [2.75, 3.05) is 0 Å². The summed E-state index contributed by atoms with van der Waals surface area (Å²) in [4.78, 5) is 22.7. The van der Waals surface area contributed by atoms with E-state index < -0.39 is 23.4 Å². The molecule has 0 saturated heterocycles. The molecular formula is C19H14F3NO3. The molecule has 2 aromatic rings. The molecule has 0 heterocycles. The maximum Gasteiger partial charge on any atom is 0.417 e. The van der Waals surface area contributed by atoms with Crippen LogP contribution in [0.1, 0.15) is 16.7 Å². The van der Waals surface area contributed by atoms with Gasteiger partial charge in [-0.05, 0) is 34.7 Å². The van der Waals surface area contributed by atoms with Crippen LogP contribution in [0.15, 0.2) is 54.6 Å². The van der Waals surface area contributed by atoms with Gasteiger partial charge in [0.25, 0.3) is 0 Å². The molecule has 1 atom stereocenters. The Labute approximate surface area is 147 Å². The molecule has 1 amide bonds. The van der Waals surface area contributed by atoms with E-state index in [1.807, 2.05) is 0 Å². The summed E-state index contributed by atoms with van der Waals surface area (Å²) >= 11 is 0. The Morgan fingerprint density at radius 1 is 1.19 bits per heavy atom. The fourth-order valence-electron chi connectivity index (χ4n) is 3.20. The van der Waals surface area contributed by atoms with Crippen LogP contribution in [0.25, 0.3) is 11.1 Å². The minimum absolute atomic E-state index is 0.0280. The predicted octanol–water partition coefficient (Wildman–Crippen LogP) is 4.15. The van der Waals surface area contributed by atoms with Gasteiger partial charge in [0.2, 0.25) is 0 Å². The highest BCUT2D eigenvalue weighted by Crippen LogP contribution is 2.39. The van der Waals surface area contributed by atoms with Gasteiger partial charge in [0.1, 0.15) is 5.54 Å². The highest BCUT2D eigenvalue weighted by molar-refractivity contribution is 5.82. The molecule has 0 spiro atoms. The van der Waals surface area contributed by atoms with Gasteiger partial charge in [-0.1, -0.05) is 48.6 Å². The van der Waals surface area contributed by atoms with Gasteiger partial charge in [0.05, 0.1) is 5.56 Å². The van der Waals surface area contributed by atoms with Crippen molar-refractivity contribution in [1.29, 1.82) is 0 Å². The molecule has 134 valence electrons. The molecule has 0 radical (unpaired) electrons. The molecule has 7 heteroatoms. The number of halogens is 3. The third-order valence-electron chi connectivity index (χ3n) is 4.31. The van der Waals surface area contributed by atoms with Crippen LogP contribution in [0.2, 0.25) is 0 Å². The first-order valence-electron chi connectivity index (χ1n) is 7.72. The summed E-state index contributed by atoms with van der Waals surface area (Å²) in [6, 6.07) is 9.75. The maximum atomic E-state index is 13.3. The van der Waals surface area contributed by atoms with Crippen LogP contribution in [0.3, 0.4) is 0 Å². The van der Waals surface area contributed by atoms with Crippen molar-refractivity contribution in [3.05, 3.63) is 71.3 Å². The molecule has 2 aromatic carbocycles. The summed E-state index contributed by atoms with van der Waals surface area (Å²) in [5.41, 5.74) is -0.922. The van der Waals surface area contributed by atoms with Crippen LogP contribution in [0.5, 0.6) is 0 Å². The van der Waals surface area contributed by atoms with E-state index in [4.69, 9.17) is 5.11 Å². The zero-order valence-electron chi connectivity index (χ0n) is 13.4. The zero-order chi connectivity index (χ0) is 18.9. The number of rotatable bonds is 3. The molecule has 0 aromatic heterocycles. The van der Waals surface area contributed by atoms with Gasteiger partial charge in [-0.2, -0.15) is 13.2 Å². The maximum absolute atomic E-state index is 13.3. The first kappa shape index (κ1) is 17.7. The Balaban J connectivity index is 2.13. The van der Waals surface area contributed by atoms with E-state index in [0.29, 0.717) is 29.4 Å². The number of carbonyl (C=O) groups excluding carboxylic acids is 1. The highest BCUT2D eigenvalue weighted by Gasteiger charge is 2.36. The number of aldehydes is 1. The Kier molecular flexibility index (Phi) is 4.31. The summed E-state index contributed by atoms with van der Waals surface area (Å²) < 4.78 is 39.8. The fourth-order valence-corrected chi connectivity index (χ4v) is 3.20. The summed E-state index contributed by atoms with van der Waals surface area (Å²) in [6.07, 6.45) is -1.95. The monoisotopic (exact) mass is 361 g/mol. The van der Waals surface area contributed by atoms with Crippen LogP contribution in [-0.4, -0.2) is 17.5 Å². The lowest BCUT2D eigenvalue weighted by Gasteiger charge is -2.30. The number of allylic oxidation sites excluding steroid dienone is 1. The molecule has 4 nitrogen and oxygen atoms in total. The SMILES string of the molecule is O=C[C@]1(NC(=O)O)C=CCc2cc(-c3ccccc3C(F)(F)F)ccc21. The quantitative estimate of drug-likeness (QED) is 0.638. The number of carboxylic acid groups (broad SMARTS) is 1. The zero-order valence-corrected chi connectivity index (χ0v) is 13.4. The van der Waals surface area contributed by atoms with E-state index in [0.717, 1.165) is 6.07 Å². The van der Waals surface area contributed by atoms with Crippen molar-refractivity contribution in [2.45, 2.75) is 18.1 Å². The molecule has 0 fully saturated rings. The van der Waals surface area contributed by atoms with E-state index in [-0.39, 0.29) is 5.56 Å². The number of hydrogen-bond donors (Lipinski definition) is 2. The highest BCUT2D eigenvalue weighted by atomic mass is 19.4. The Bertz CT molecular complexity index is 905. The van der Waals surface area contributed by atoms with E-state index in [1.54, 1.807) is 12.1 Å². The number of hydrogen-bond acceptors (Lipinski definition) is 2. The Morgan fingerprint density at radius 2 is 1.92 bits per heavy atom. The summed E-state index contributed by atoms with van der Waals surface area (Å²) in [5.74, 6) is 0. The van der Waals surface area contributed by atoms with Crippen molar-refractivity contribution < 1.29 is 27.9 Å². The lowest BCUT2D eigenvalue weighted by Crippen LogP contribution is -2.46. The molecule has 0 unspecified atom stereocenters. The van der Waals surface area contributed by atoms with Crippen LogP contribution >= 0.6 is 0 Å². The average Bonchev–Trinajstić information content (AvgIpc) is 2.60. The summed E-state index contributed by atoms with van der Waals surface area (Å²) in [7, 11) is 0. The van der Waals surface area contributed by atoms with Crippen molar-refractivity contribution in [3.63, 3.8) is 0 Å². The smallest absolute Gasteiger partial charge is 0.417 e. The summed E-state index contributed by atoms with van der Waals surface area (Å²) in [5, 5.41) is 11.2. The molecule has 3 rings (SSSR count). The second-order valence-corrected chi connectivity index (χ2v) is 5.94. The number of carbonyl (C=O) groups is 2. The standard InChI is InChI=1S/C19H14F3NO3/c20-19(21,22)16-6-2-1-5-14(16)12-7-8-15-13(10-12)4-3-9-18(15,11-24)23-17(25)26/h1-3,5-11,23H,4H2,(H,25,26)/t18-/m1/s1. The minimum atomic E-state index is -4.50. The number of nitrogens with one attached hydrogen (secondary N) is 1. The third-order valence-corrected chi connectivity index (χ3v) is 4.31. The van der Waals surface area contributed by atoms with Gasteiger partial charge < -0.3 is 10.4 Å². The van der Waals surface area contributed by atoms with Crippen LogP contribution in [0.4, 0.5) is 18.0 Å². The van der Waals surface area contributed by atoms with Gasteiger partial charge in [0, 0.05) is 0 Å². The van der Waals surface area contributed by atoms with Crippen LogP contribution in [-0.2, 0) is 22.9 Å². The van der Waals surface area contributed by atoms with Crippen LogP contribution in [0, 0.1) is 0 Å². The molecular weight excluding hydrogens is 347 g/mol. The van der Waals surface area contributed by atoms with Crippen molar-refractivity contribution in [1.82, 2.24) is 5.32 Å². The number of benzene rings is 2. The normalized spacial score (nSPS) is 18.9. The Hall–Kier alpha value is -3.09. The van der Waals surface area contributed by atoms with E-state index in [1.165, 1.54) is 36.4 Å². The number of fused-ring (bicyclic) bond motifs is 1. The van der Waals surface area contributed by atoms with Gasteiger partial charge in [0.15, 0.2) is 6.29 Å². The third kappa shape index (κ3) is 3.08. The molecule has 1 aliphatic carbocycles. The van der Waals surface area contributed by atoms with Crippen LogP contribution < -0.4 is 5.32 Å². The number of amides is 1. The van der Waals surface area contributed by atoms with Gasteiger partial charge in [-0.25, -0.2) is 4.79 Å². The average molecular weight is 361 g/mol. The summed E-state index contributed by atoms with van der Waals surface area (Å²) in [6.45, 7) is 0. The van der Waals surface area contributed by atoms with Crippen molar-refractivity contribution in [2.24, 2.45) is 0 Å². The van der Waals surface area contributed by atoms with E-state index in [9.17, 15) is 22.8 Å². The largest absolute Gasteiger partial charge is 0.465 e. The minimum Gasteiger partial charge on any atom is -0.465 e. The molecule has 26 heavy (non-hydrogen) atoms. The van der Waals surface area contributed by atoms with Gasteiger partial charge in [-0.3, -0.25) is 4.79 Å². The molecule has 0 bridgehead atoms. The lowest BCUT2D eigenvalue weighted by atomic mass is 9.80. The molecule has 1 aliphatic rings. The van der Waals surface area contributed by atoms with E-state index >= 15 is 0 Å². The molecule has 0 saturated carbocycles. The first-order valence-corrected chi connectivity index (χ1v) is 7.72. The van der Waals surface area contributed by atoms with E-state index in [2.05, 4.69) is 5.32 Å². The first-order chi connectivity index (χ1) is 12.3. The predicted molar refractivity (Wildman–Crippen MR) is 88.6 cm³/mol. The second kappa shape index (κ2) is 6.33. The topological polar surface area (TPSA) is 66.4 Å². The Morgan fingerprint density at radius 3 is 2.58 bits per heavy atom. The van der Waals surface area contributed by atoms with Crippen molar-refractivity contribution >= 4 is 12.4 Å². The number of alkyl halides is 3.